The zero-order valence-electron chi connectivity index (χ0n) is 13.9. The summed E-state index contributed by atoms with van der Waals surface area (Å²) in [5.74, 6) is 1.98. The molecular weight excluding hydrogens is 258 g/mol. The van der Waals surface area contributed by atoms with Crippen molar-refractivity contribution in [2.75, 3.05) is 18.9 Å². The van der Waals surface area contributed by atoms with Gasteiger partial charge in [0.15, 0.2) is 0 Å². The largest absolute Gasteiger partial charge is 0.370 e. The number of hydrogen-bond acceptors (Lipinski definition) is 3. The molecule has 1 heterocycles. The highest BCUT2D eigenvalue weighted by atomic mass is 15.1. The van der Waals surface area contributed by atoms with Crippen molar-refractivity contribution in [2.45, 2.75) is 65.0 Å². The van der Waals surface area contributed by atoms with E-state index in [1.807, 2.05) is 0 Å². The van der Waals surface area contributed by atoms with Crippen LogP contribution in [-0.4, -0.2) is 29.5 Å². The summed E-state index contributed by atoms with van der Waals surface area (Å²) in [5.41, 5.74) is 1.18. The Labute approximate surface area is 130 Å². The van der Waals surface area contributed by atoms with Gasteiger partial charge in [-0.1, -0.05) is 26.3 Å². The minimum Gasteiger partial charge on any atom is -0.370 e. The van der Waals surface area contributed by atoms with Gasteiger partial charge in [0, 0.05) is 19.1 Å². The Morgan fingerprint density at radius 1 is 1.19 bits per heavy atom. The minimum absolute atomic E-state index is 0.738. The highest BCUT2D eigenvalue weighted by Crippen LogP contribution is 2.29. The van der Waals surface area contributed by atoms with Crippen LogP contribution >= 0.6 is 0 Å². The Morgan fingerprint density at radius 2 is 1.95 bits per heavy atom. The number of nitrogens with zero attached hydrogens (tertiary/aromatic N) is 2. The predicted octanol–water partition coefficient (Wildman–Crippen LogP) is 4.30. The summed E-state index contributed by atoms with van der Waals surface area (Å²) in [7, 11) is 2.25. The normalized spacial score (nSPS) is 22.5. The van der Waals surface area contributed by atoms with E-state index in [1.54, 1.807) is 0 Å². The van der Waals surface area contributed by atoms with Gasteiger partial charge < -0.3 is 5.32 Å². The van der Waals surface area contributed by atoms with E-state index in [2.05, 4.69) is 49.3 Å². The topological polar surface area (TPSA) is 28.2 Å². The molecule has 1 aromatic rings. The molecule has 0 amide bonds. The van der Waals surface area contributed by atoms with Crippen LogP contribution in [0.3, 0.4) is 0 Å². The van der Waals surface area contributed by atoms with Gasteiger partial charge in [-0.25, -0.2) is 4.98 Å². The van der Waals surface area contributed by atoms with Crippen molar-refractivity contribution < 1.29 is 0 Å². The fourth-order valence-corrected chi connectivity index (χ4v) is 3.30. The molecule has 0 atom stereocenters. The third kappa shape index (κ3) is 4.99. The van der Waals surface area contributed by atoms with Crippen molar-refractivity contribution in [1.82, 2.24) is 9.88 Å². The number of pyridine rings is 1. The van der Waals surface area contributed by atoms with Crippen LogP contribution in [0.2, 0.25) is 0 Å². The Balaban J connectivity index is 1.86. The molecule has 1 aliphatic rings. The minimum atomic E-state index is 0.738. The average Bonchev–Trinajstić information content (AvgIpc) is 2.53. The van der Waals surface area contributed by atoms with Gasteiger partial charge in [0.1, 0.15) is 5.82 Å². The van der Waals surface area contributed by atoms with E-state index in [9.17, 15) is 0 Å². The zero-order chi connectivity index (χ0) is 15.1. The monoisotopic (exact) mass is 289 g/mol. The Morgan fingerprint density at radius 3 is 2.62 bits per heavy atom. The lowest BCUT2D eigenvalue weighted by Gasteiger charge is -2.34. The Hall–Kier alpha value is -1.09. The molecule has 1 aromatic heterocycles. The van der Waals surface area contributed by atoms with Gasteiger partial charge in [0.25, 0.3) is 0 Å². The van der Waals surface area contributed by atoms with E-state index in [-0.39, 0.29) is 0 Å². The van der Waals surface area contributed by atoms with E-state index in [0.29, 0.717) is 0 Å². The zero-order valence-corrected chi connectivity index (χ0v) is 13.9. The second-order valence-corrected chi connectivity index (χ2v) is 6.44. The first-order valence-corrected chi connectivity index (χ1v) is 8.63. The number of aromatic nitrogens is 1. The maximum atomic E-state index is 4.72. The van der Waals surface area contributed by atoms with E-state index >= 15 is 0 Å². The fourth-order valence-electron chi connectivity index (χ4n) is 3.30. The lowest BCUT2D eigenvalue weighted by atomic mass is 9.84. The summed E-state index contributed by atoms with van der Waals surface area (Å²) >= 11 is 0. The Bertz CT molecular complexity index is 411. The molecule has 1 fully saturated rings. The molecule has 0 saturated heterocycles. The molecule has 118 valence electrons. The van der Waals surface area contributed by atoms with Crippen LogP contribution < -0.4 is 5.32 Å². The molecule has 1 N–H and O–H groups in total. The summed E-state index contributed by atoms with van der Waals surface area (Å²) in [6, 6.07) is 7.06. The first-order valence-electron chi connectivity index (χ1n) is 8.63. The van der Waals surface area contributed by atoms with Gasteiger partial charge in [0.2, 0.25) is 0 Å². The standard InChI is InChI=1S/C18H31N3/c1-4-13-19-18-8-6-7-16(20-18)14-21(3)17-11-9-15(5-2)10-12-17/h6-8,15,17H,4-5,9-14H2,1-3H3,(H,19,20). The summed E-state index contributed by atoms with van der Waals surface area (Å²) in [5, 5.41) is 3.37. The summed E-state index contributed by atoms with van der Waals surface area (Å²) in [6.07, 6.45) is 7.98. The molecule has 0 unspecified atom stereocenters. The van der Waals surface area contributed by atoms with E-state index in [0.717, 1.165) is 37.3 Å². The second-order valence-electron chi connectivity index (χ2n) is 6.44. The van der Waals surface area contributed by atoms with Gasteiger partial charge in [-0.15, -0.1) is 0 Å². The molecule has 0 aromatic carbocycles. The number of rotatable bonds is 7. The molecule has 0 bridgehead atoms. The highest BCUT2D eigenvalue weighted by Gasteiger charge is 2.23. The molecule has 1 saturated carbocycles. The average molecular weight is 289 g/mol. The van der Waals surface area contributed by atoms with Crippen LogP contribution in [0.25, 0.3) is 0 Å². The van der Waals surface area contributed by atoms with Gasteiger partial charge >= 0.3 is 0 Å². The second kappa shape index (κ2) is 8.38. The molecule has 3 heteroatoms. The van der Waals surface area contributed by atoms with Gasteiger partial charge in [-0.2, -0.15) is 0 Å². The van der Waals surface area contributed by atoms with Gasteiger partial charge in [-0.05, 0) is 57.2 Å². The van der Waals surface area contributed by atoms with Crippen molar-refractivity contribution in [2.24, 2.45) is 5.92 Å². The fraction of sp³-hybridized carbons (Fsp3) is 0.722. The van der Waals surface area contributed by atoms with Crippen LogP contribution in [0, 0.1) is 5.92 Å². The molecule has 0 aliphatic heterocycles. The maximum Gasteiger partial charge on any atom is 0.126 e. The molecule has 2 rings (SSSR count). The van der Waals surface area contributed by atoms with Crippen molar-refractivity contribution in [3.63, 3.8) is 0 Å². The Kier molecular flexibility index (Phi) is 6.50. The predicted molar refractivity (Wildman–Crippen MR) is 90.5 cm³/mol. The highest BCUT2D eigenvalue weighted by molar-refractivity contribution is 5.35. The summed E-state index contributed by atoms with van der Waals surface area (Å²) in [4.78, 5) is 7.22. The van der Waals surface area contributed by atoms with Crippen LogP contribution in [0.1, 0.15) is 58.1 Å². The first kappa shape index (κ1) is 16.3. The van der Waals surface area contributed by atoms with Crippen LogP contribution in [0.15, 0.2) is 18.2 Å². The number of anilines is 1. The first-order chi connectivity index (χ1) is 10.2. The molecule has 0 radical (unpaired) electrons. The third-order valence-electron chi connectivity index (χ3n) is 4.79. The van der Waals surface area contributed by atoms with Crippen LogP contribution in [0.4, 0.5) is 5.82 Å². The van der Waals surface area contributed by atoms with Gasteiger partial charge in [-0.3, -0.25) is 4.90 Å². The molecule has 0 spiro atoms. The SMILES string of the molecule is CCCNc1cccc(CN(C)C2CCC(CC)CC2)n1. The number of nitrogens with one attached hydrogen (secondary N) is 1. The van der Waals surface area contributed by atoms with E-state index < -0.39 is 0 Å². The van der Waals surface area contributed by atoms with Crippen LogP contribution in [-0.2, 0) is 6.54 Å². The lowest BCUT2D eigenvalue weighted by molar-refractivity contribution is 0.156. The number of hydrogen-bond donors (Lipinski definition) is 1. The smallest absolute Gasteiger partial charge is 0.126 e. The maximum absolute atomic E-state index is 4.72. The lowest BCUT2D eigenvalue weighted by Crippen LogP contribution is -2.34. The summed E-state index contributed by atoms with van der Waals surface area (Å²) < 4.78 is 0. The summed E-state index contributed by atoms with van der Waals surface area (Å²) in [6.45, 7) is 6.46. The van der Waals surface area contributed by atoms with Crippen molar-refractivity contribution in [1.29, 1.82) is 0 Å². The van der Waals surface area contributed by atoms with E-state index in [1.165, 1.54) is 37.8 Å². The molecule has 3 nitrogen and oxygen atoms in total. The molecule has 21 heavy (non-hydrogen) atoms. The van der Waals surface area contributed by atoms with Gasteiger partial charge in [0.05, 0.1) is 5.69 Å². The third-order valence-corrected chi connectivity index (χ3v) is 4.79. The van der Waals surface area contributed by atoms with Crippen molar-refractivity contribution >= 4 is 5.82 Å². The molecule has 1 aliphatic carbocycles. The van der Waals surface area contributed by atoms with Crippen LogP contribution in [0.5, 0.6) is 0 Å². The van der Waals surface area contributed by atoms with E-state index in [4.69, 9.17) is 4.98 Å². The molecular formula is C18H31N3. The van der Waals surface area contributed by atoms with Crippen molar-refractivity contribution in [3.8, 4) is 0 Å². The van der Waals surface area contributed by atoms with Crippen molar-refractivity contribution in [3.05, 3.63) is 23.9 Å². The quantitative estimate of drug-likeness (QED) is 0.811.